The first kappa shape index (κ1) is 39.8. The van der Waals surface area contributed by atoms with Gasteiger partial charge in [-0.25, -0.2) is 4.99 Å². The normalized spacial score (nSPS) is 14.6. The topological polar surface area (TPSA) is 38.4 Å². The lowest BCUT2D eigenvalue weighted by Crippen LogP contribution is -2.15. The van der Waals surface area contributed by atoms with Crippen LogP contribution in [0.3, 0.4) is 0 Å². The molecular formula is C64H50N2. The standard InChI is InChI=1S/C64H50N2/c1-63(2)56-27-15-14-26-55(56)60-41(20-16-28-57(60)63)31-38-59(66-62(65)42-18-6-5-7-19-42)53-37-36-51(48-24-12-13-25-49(48)53)50-35-34-44(46-22-10-11-23-47(46)50)43-30-32-52-54-33-29-40-17-8-9-21-45(40)61(54)64(3,4)58(52)39-43/h5-30,32-39H,31H2,1-4H3,(H2,65,66)/b59-38-. The predicted molar refractivity (Wildman–Crippen MR) is 280 cm³/mol. The number of nitrogens with zero attached hydrogens (tertiary/aromatic N) is 1. The van der Waals surface area contributed by atoms with Gasteiger partial charge in [0.2, 0.25) is 0 Å². The van der Waals surface area contributed by atoms with Gasteiger partial charge < -0.3 is 5.73 Å². The Kier molecular flexibility index (Phi) is 9.12. The summed E-state index contributed by atoms with van der Waals surface area (Å²) in [7, 11) is 0. The van der Waals surface area contributed by atoms with Crippen LogP contribution in [0.4, 0.5) is 0 Å². The zero-order chi connectivity index (χ0) is 44.7. The highest BCUT2D eigenvalue weighted by Gasteiger charge is 2.38. The lowest BCUT2D eigenvalue weighted by atomic mass is 9.79. The Balaban J connectivity index is 0.975. The molecule has 2 aliphatic rings. The van der Waals surface area contributed by atoms with Crippen molar-refractivity contribution in [1.29, 1.82) is 0 Å². The summed E-state index contributed by atoms with van der Waals surface area (Å²) in [5.74, 6) is 0.494. The Labute approximate surface area is 387 Å². The summed E-state index contributed by atoms with van der Waals surface area (Å²) in [6.07, 6.45) is 2.99. The molecule has 0 bridgehead atoms. The van der Waals surface area contributed by atoms with Crippen molar-refractivity contribution < 1.29 is 0 Å². The molecule has 0 radical (unpaired) electrons. The van der Waals surface area contributed by atoms with Gasteiger partial charge in [-0.2, -0.15) is 0 Å². The minimum Gasteiger partial charge on any atom is -0.383 e. The van der Waals surface area contributed by atoms with Crippen LogP contribution < -0.4 is 5.73 Å². The summed E-state index contributed by atoms with van der Waals surface area (Å²) in [6.45, 7) is 9.45. The molecule has 0 saturated carbocycles. The quantitative estimate of drug-likeness (QED) is 0.126. The molecule has 0 fully saturated rings. The van der Waals surface area contributed by atoms with Crippen LogP contribution in [-0.4, -0.2) is 5.84 Å². The number of nitrogens with two attached hydrogens (primary N) is 1. The molecule has 316 valence electrons. The van der Waals surface area contributed by atoms with Gasteiger partial charge in [0, 0.05) is 22.0 Å². The number of fused-ring (bicyclic) bond motifs is 10. The van der Waals surface area contributed by atoms with E-state index in [0.717, 1.165) is 22.2 Å². The number of amidine groups is 1. The zero-order valence-corrected chi connectivity index (χ0v) is 37.9. The van der Waals surface area contributed by atoms with E-state index in [1.165, 1.54) is 99.3 Å². The fourth-order valence-corrected chi connectivity index (χ4v) is 11.5. The lowest BCUT2D eigenvalue weighted by Gasteiger charge is -2.24. The Bertz CT molecular complexity index is 3680. The number of rotatable bonds is 7. The minimum atomic E-state index is -0.134. The van der Waals surface area contributed by atoms with E-state index < -0.39 is 0 Å². The van der Waals surface area contributed by atoms with E-state index in [9.17, 15) is 0 Å². The summed E-state index contributed by atoms with van der Waals surface area (Å²) in [6, 6.07) is 73.2. The van der Waals surface area contributed by atoms with Crippen LogP contribution >= 0.6 is 0 Å². The van der Waals surface area contributed by atoms with Crippen LogP contribution in [0, 0.1) is 0 Å². The third-order valence-corrected chi connectivity index (χ3v) is 14.8. The first-order valence-electron chi connectivity index (χ1n) is 23.2. The second-order valence-corrected chi connectivity index (χ2v) is 19.2. The molecule has 2 N–H and O–H groups in total. The fraction of sp³-hybridized carbons (Fsp3) is 0.109. The fourth-order valence-electron chi connectivity index (χ4n) is 11.5. The Hall–Kier alpha value is -7.81. The van der Waals surface area contributed by atoms with Gasteiger partial charge in [-0.05, 0) is 117 Å². The van der Waals surface area contributed by atoms with E-state index in [-0.39, 0.29) is 10.8 Å². The molecule has 2 aliphatic carbocycles. The molecular weight excluding hydrogens is 797 g/mol. The van der Waals surface area contributed by atoms with Gasteiger partial charge in [0.15, 0.2) is 0 Å². The second kappa shape index (κ2) is 15.1. The second-order valence-electron chi connectivity index (χ2n) is 19.2. The average molecular weight is 847 g/mol. The third-order valence-electron chi connectivity index (χ3n) is 14.8. The molecule has 10 aromatic rings. The van der Waals surface area contributed by atoms with Gasteiger partial charge in [0.1, 0.15) is 5.84 Å². The van der Waals surface area contributed by atoms with E-state index in [4.69, 9.17) is 10.7 Å². The summed E-state index contributed by atoms with van der Waals surface area (Å²) in [5, 5.41) is 7.41. The molecule has 10 aromatic carbocycles. The zero-order valence-electron chi connectivity index (χ0n) is 37.9. The van der Waals surface area contributed by atoms with Gasteiger partial charge >= 0.3 is 0 Å². The smallest absolute Gasteiger partial charge is 0.131 e. The summed E-state index contributed by atoms with van der Waals surface area (Å²) in [4.78, 5) is 5.26. The molecule has 0 saturated heterocycles. The summed E-state index contributed by atoms with van der Waals surface area (Å²) < 4.78 is 0. The summed E-state index contributed by atoms with van der Waals surface area (Å²) >= 11 is 0. The van der Waals surface area contributed by atoms with Crippen LogP contribution in [0.15, 0.2) is 211 Å². The van der Waals surface area contributed by atoms with Crippen molar-refractivity contribution in [1.82, 2.24) is 0 Å². The summed E-state index contributed by atoms with van der Waals surface area (Å²) in [5.41, 5.74) is 26.5. The minimum absolute atomic E-state index is 0.0703. The third kappa shape index (κ3) is 6.12. The molecule has 0 heterocycles. The maximum Gasteiger partial charge on any atom is 0.131 e. The van der Waals surface area contributed by atoms with Gasteiger partial charge in [0.25, 0.3) is 0 Å². The molecule has 0 atom stereocenters. The number of aliphatic imine (C=N–C) groups is 1. The van der Waals surface area contributed by atoms with E-state index in [0.29, 0.717) is 12.3 Å². The Morgan fingerprint density at radius 3 is 1.83 bits per heavy atom. The monoisotopic (exact) mass is 846 g/mol. The highest BCUT2D eigenvalue weighted by atomic mass is 14.9. The van der Waals surface area contributed by atoms with Gasteiger partial charge in [-0.3, -0.25) is 0 Å². The first-order valence-corrected chi connectivity index (χ1v) is 23.2. The van der Waals surface area contributed by atoms with Crippen LogP contribution in [0.5, 0.6) is 0 Å². The largest absolute Gasteiger partial charge is 0.383 e. The number of benzene rings is 10. The van der Waals surface area contributed by atoms with E-state index in [1.807, 2.05) is 30.3 Å². The molecule has 2 heteroatoms. The molecule has 0 amide bonds. The lowest BCUT2D eigenvalue weighted by molar-refractivity contribution is 0.660. The molecule has 2 nitrogen and oxygen atoms in total. The van der Waals surface area contributed by atoms with E-state index >= 15 is 0 Å². The number of allylic oxidation sites excluding steroid dienone is 1. The van der Waals surface area contributed by atoms with Gasteiger partial charge in [-0.15, -0.1) is 0 Å². The number of hydrogen-bond donors (Lipinski definition) is 1. The molecule has 12 rings (SSSR count). The maximum absolute atomic E-state index is 6.88. The maximum atomic E-state index is 6.88. The molecule has 0 unspecified atom stereocenters. The van der Waals surface area contributed by atoms with Crippen LogP contribution in [0.25, 0.3) is 82.5 Å². The van der Waals surface area contributed by atoms with Crippen molar-refractivity contribution in [2.75, 3.05) is 0 Å². The molecule has 0 aromatic heterocycles. The van der Waals surface area contributed by atoms with Gasteiger partial charge in [-0.1, -0.05) is 228 Å². The van der Waals surface area contributed by atoms with Crippen molar-refractivity contribution in [2.24, 2.45) is 10.7 Å². The molecule has 66 heavy (non-hydrogen) atoms. The predicted octanol–water partition coefficient (Wildman–Crippen LogP) is 16.1. The first-order chi connectivity index (χ1) is 32.2. The van der Waals surface area contributed by atoms with Gasteiger partial charge in [0.05, 0.1) is 5.70 Å². The Morgan fingerprint density at radius 2 is 1.05 bits per heavy atom. The number of hydrogen-bond acceptors (Lipinski definition) is 1. The van der Waals surface area contributed by atoms with Crippen molar-refractivity contribution >= 4 is 43.9 Å². The molecule has 0 aliphatic heterocycles. The van der Waals surface area contributed by atoms with E-state index in [1.54, 1.807) is 0 Å². The van der Waals surface area contributed by atoms with Crippen LogP contribution in [-0.2, 0) is 17.3 Å². The molecule has 0 spiro atoms. The van der Waals surface area contributed by atoms with Crippen molar-refractivity contribution in [2.45, 2.75) is 44.9 Å². The average Bonchev–Trinajstić information content (AvgIpc) is 3.74. The van der Waals surface area contributed by atoms with Crippen molar-refractivity contribution in [3.8, 4) is 44.5 Å². The van der Waals surface area contributed by atoms with Crippen LogP contribution in [0.1, 0.15) is 66.6 Å². The van der Waals surface area contributed by atoms with Crippen molar-refractivity contribution in [3.63, 3.8) is 0 Å². The Morgan fingerprint density at radius 1 is 0.455 bits per heavy atom. The van der Waals surface area contributed by atoms with Crippen molar-refractivity contribution in [3.05, 3.63) is 245 Å². The SMILES string of the molecule is CC1(C)c2ccccc2-c2c(C/C=C(\N=C(N)c3ccccc3)c3ccc(-c4ccc(-c5ccc6c(c5)C(C)(C)c5c-6ccc6ccccc56)c5ccccc45)c4ccccc34)cccc21. The van der Waals surface area contributed by atoms with Crippen LogP contribution in [0.2, 0.25) is 0 Å². The highest BCUT2D eigenvalue weighted by Crippen LogP contribution is 2.53. The van der Waals surface area contributed by atoms with E-state index in [2.05, 4.69) is 204 Å². The highest BCUT2D eigenvalue weighted by molar-refractivity contribution is 6.12.